The molecule has 0 bridgehead atoms. The van der Waals surface area contributed by atoms with E-state index in [0.29, 0.717) is 15.6 Å². The van der Waals surface area contributed by atoms with Crippen molar-refractivity contribution in [2.45, 2.75) is 32.4 Å². The van der Waals surface area contributed by atoms with Crippen molar-refractivity contribution in [1.29, 1.82) is 0 Å². The van der Waals surface area contributed by atoms with Crippen molar-refractivity contribution in [2.24, 2.45) is 0 Å². The van der Waals surface area contributed by atoms with Crippen molar-refractivity contribution in [1.82, 2.24) is 15.5 Å². The van der Waals surface area contributed by atoms with Crippen molar-refractivity contribution in [3.05, 3.63) is 50.8 Å². The number of hydrogen-bond donors (Lipinski definition) is 2. The Labute approximate surface area is 153 Å². The number of aromatic amines is 1. The molecule has 0 saturated carbocycles. The van der Waals surface area contributed by atoms with Gasteiger partial charge < -0.3 is 10.1 Å². The molecule has 1 aromatic heterocycles. The second kappa shape index (κ2) is 8.12. The number of rotatable bonds is 6. The van der Waals surface area contributed by atoms with Crippen molar-refractivity contribution < 1.29 is 18.3 Å². The van der Waals surface area contributed by atoms with E-state index in [9.17, 15) is 13.6 Å². The Bertz CT molecular complexity index is 768. The number of carbonyl (C=O) groups excluding carboxylic acids is 1. The largest absolute Gasteiger partial charge is 0.375 e. The summed E-state index contributed by atoms with van der Waals surface area (Å²) in [5.41, 5.74) is 0.137. The fourth-order valence-corrected chi connectivity index (χ4v) is 3.10. The van der Waals surface area contributed by atoms with Crippen LogP contribution in [-0.2, 0) is 4.74 Å². The van der Waals surface area contributed by atoms with Gasteiger partial charge in [-0.2, -0.15) is 5.10 Å². The number of alkyl halides is 2. The first-order chi connectivity index (χ1) is 11.8. The molecule has 1 amide bonds. The first-order valence-electron chi connectivity index (χ1n) is 7.37. The van der Waals surface area contributed by atoms with E-state index in [-0.39, 0.29) is 11.3 Å². The first kappa shape index (κ1) is 19.6. The molecule has 1 heterocycles. The SMILES string of the molecule is COC(c1ccc(Cl)cc1Cl)C(C)NC(=O)c1c(C(F)F)n[nH]c1C. The number of amides is 1. The van der Waals surface area contributed by atoms with Crippen LogP contribution in [0.4, 0.5) is 8.78 Å². The molecule has 5 nitrogen and oxygen atoms in total. The number of nitrogens with one attached hydrogen (secondary N) is 2. The zero-order valence-electron chi connectivity index (χ0n) is 13.7. The van der Waals surface area contributed by atoms with Gasteiger partial charge in [0.2, 0.25) is 0 Å². The number of hydrogen-bond acceptors (Lipinski definition) is 3. The van der Waals surface area contributed by atoms with Crippen LogP contribution in [0.1, 0.15) is 46.8 Å². The van der Waals surface area contributed by atoms with Crippen molar-refractivity contribution in [3.63, 3.8) is 0 Å². The lowest BCUT2D eigenvalue weighted by atomic mass is 10.0. The monoisotopic (exact) mass is 391 g/mol. The molecule has 136 valence electrons. The molecule has 2 atom stereocenters. The molecule has 2 aromatic rings. The van der Waals surface area contributed by atoms with Crippen LogP contribution in [0.5, 0.6) is 0 Å². The quantitative estimate of drug-likeness (QED) is 0.763. The average molecular weight is 392 g/mol. The molecule has 0 aliphatic heterocycles. The fraction of sp³-hybridized carbons (Fsp3) is 0.375. The Balaban J connectivity index is 2.24. The van der Waals surface area contributed by atoms with Crippen LogP contribution in [0.2, 0.25) is 10.0 Å². The number of benzene rings is 1. The molecular weight excluding hydrogens is 375 g/mol. The highest BCUT2D eigenvalue weighted by atomic mass is 35.5. The van der Waals surface area contributed by atoms with Gasteiger partial charge >= 0.3 is 0 Å². The zero-order valence-corrected chi connectivity index (χ0v) is 15.3. The van der Waals surface area contributed by atoms with Crippen LogP contribution in [-0.4, -0.2) is 29.3 Å². The minimum absolute atomic E-state index is 0.168. The summed E-state index contributed by atoms with van der Waals surface area (Å²) < 4.78 is 31.4. The number of aromatic nitrogens is 2. The van der Waals surface area contributed by atoms with Gasteiger partial charge in [-0.25, -0.2) is 8.78 Å². The lowest BCUT2D eigenvalue weighted by molar-refractivity contribution is 0.0640. The summed E-state index contributed by atoms with van der Waals surface area (Å²) in [5, 5.41) is 9.40. The maximum atomic E-state index is 13.0. The van der Waals surface area contributed by atoms with Gasteiger partial charge in [-0.1, -0.05) is 29.3 Å². The number of methoxy groups -OCH3 is 1. The van der Waals surface area contributed by atoms with E-state index in [4.69, 9.17) is 27.9 Å². The van der Waals surface area contributed by atoms with Gasteiger partial charge in [0, 0.05) is 28.4 Å². The summed E-state index contributed by atoms with van der Waals surface area (Å²) in [6.07, 6.45) is -3.44. The summed E-state index contributed by atoms with van der Waals surface area (Å²) in [5.74, 6) is -0.666. The smallest absolute Gasteiger partial charge is 0.282 e. The number of halogens is 4. The highest BCUT2D eigenvalue weighted by molar-refractivity contribution is 6.35. The van der Waals surface area contributed by atoms with Gasteiger partial charge in [0.05, 0.1) is 11.6 Å². The Hall–Kier alpha value is -1.70. The number of carbonyl (C=O) groups is 1. The number of H-pyrrole nitrogens is 1. The lowest BCUT2D eigenvalue weighted by Gasteiger charge is -2.25. The van der Waals surface area contributed by atoms with Crippen molar-refractivity contribution >= 4 is 29.1 Å². The van der Waals surface area contributed by atoms with E-state index in [0.717, 1.165) is 0 Å². The minimum Gasteiger partial charge on any atom is -0.375 e. The number of ether oxygens (including phenoxy) is 1. The minimum atomic E-state index is -2.86. The van der Waals surface area contributed by atoms with Gasteiger partial charge in [0.25, 0.3) is 12.3 Å². The third-order valence-electron chi connectivity index (χ3n) is 3.74. The average Bonchev–Trinajstić information content (AvgIpc) is 2.92. The molecule has 0 spiro atoms. The van der Waals surface area contributed by atoms with Gasteiger partial charge in [-0.05, 0) is 26.0 Å². The van der Waals surface area contributed by atoms with Gasteiger partial charge in [-0.3, -0.25) is 9.89 Å². The molecular formula is C16H17Cl2F2N3O2. The molecule has 0 saturated heterocycles. The Kier molecular flexibility index (Phi) is 6.37. The third kappa shape index (κ3) is 4.29. The number of aryl methyl sites for hydroxylation is 1. The van der Waals surface area contributed by atoms with Crippen LogP contribution >= 0.6 is 23.2 Å². The Morgan fingerprint density at radius 1 is 1.36 bits per heavy atom. The van der Waals surface area contributed by atoms with E-state index in [1.807, 2.05) is 0 Å². The summed E-state index contributed by atoms with van der Waals surface area (Å²) >= 11 is 12.1. The molecule has 0 radical (unpaired) electrons. The maximum absolute atomic E-state index is 13.0. The highest BCUT2D eigenvalue weighted by Crippen LogP contribution is 2.30. The molecule has 2 N–H and O–H groups in total. The van der Waals surface area contributed by atoms with Crippen molar-refractivity contribution in [3.8, 4) is 0 Å². The zero-order chi connectivity index (χ0) is 18.7. The first-order valence-corrected chi connectivity index (χ1v) is 8.13. The lowest BCUT2D eigenvalue weighted by Crippen LogP contribution is -2.38. The Morgan fingerprint density at radius 3 is 2.60 bits per heavy atom. The molecule has 1 aromatic carbocycles. The molecule has 9 heteroatoms. The fourth-order valence-electron chi connectivity index (χ4n) is 2.58. The van der Waals surface area contributed by atoms with E-state index in [1.165, 1.54) is 14.0 Å². The predicted molar refractivity (Wildman–Crippen MR) is 91.4 cm³/mol. The van der Waals surface area contributed by atoms with Crippen LogP contribution in [0, 0.1) is 6.92 Å². The standard InChI is InChI=1S/C16H17Cl2F2N3O2/c1-7-12(13(15(19)20)23-22-7)16(24)21-8(2)14(25-3)10-5-4-9(17)6-11(10)18/h4-6,8,14-15H,1-3H3,(H,21,24)(H,22,23). The van der Waals surface area contributed by atoms with Crippen LogP contribution in [0.15, 0.2) is 18.2 Å². The van der Waals surface area contributed by atoms with Crippen LogP contribution in [0.3, 0.4) is 0 Å². The molecule has 0 aliphatic rings. The summed E-state index contributed by atoms with van der Waals surface area (Å²) in [7, 11) is 1.46. The van der Waals surface area contributed by atoms with Gasteiger partial charge in [0.15, 0.2) is 0 Å². The molecule has 0 aliphatic carbocycles. The summed E-state index contributed by atoms with van der Waals surface area (Å²) in [6, 6.07) is 4.36. The highest BCUT2D eigenvalue weighted by Gasteiger charge is 2.28. The van der Waals surface area contributed by atoms with E-state index < -0.39 is 30.2 Å². The second-order valence-corrected chi connectivity index (χ2v) is 6.34. The third-order valence-corrected chi connectivity index (χ3v) is 4.31. The maximum Gasteiger partial charge on any atom is 0.282 e. The van der Waals surface area contributed by atoms with Crippen LogP contribution in [0.25, 0.3) is 0 Å². The normalized spacial score (nSPS) is 13.8. The molecule has 2 rings (SSSR count). The number of nitrogens with zero attached hydrogens (tertiary/aromatic N) is 1. The van der Waals surface area contributed by atoms with Gasteiger partial charge in [0.1, 0.15) is 11.8 Å². The molecule has 2 unspecified atom stereocenters. The molecule has 25 heavy (non-hydrogen) atoms. The summed E-state index contributed by atoms with van der Waals surface area (Å²) in [4.78, 5) is 12.4. The van der Waals surface area contributed by atoms with E-state index in [2.05, 4.69) is 15.5 Å². The second-order valence-electron chi connectivity index (χ2n) is 5.49. The predicted octanol–water partition coefficient (Wildman–Crippen LogP) is 4.47. The van der Waals surface area contributed by atoms with Gasteiger partial charge in [-0.15, -0.1) is 0 Å². The van der Waals surface area contributed by atoms with Crippen molar-refractivity contribution in [2.75, 3.05) is 7.11 Å². The topological polar surface area (TPSA) is 67.0 Å². The van der Waals surface area contributed by atoms with Crippen LogP contribution < -0.4 is 5.32 Å². The Morgan fingerprint density at radius 2 is 2.04 bits per heavy atom. The molecule has 0 fully saturated rings. The van der Waals surface area contributed by atoms with E-state index in [1.54, 1.807) is 25.1 Å². The summed E-state index contributed by atoms with van der Waals surface area (Å²) in [6.45, 7) is 3.19. The van der Waals surface area contributed by atoms with E-state index >= 15 is 0 Å².